The summed E-state index contributed by atoms with van der Waals surface area (Å²) in [5.74, 6) is -0.242. The van der Waals surface area contributed by atoms with Crippen LogP contribution in [0.3, 0.4) is 0 Å². The van der Waals surface area contributed by atoms with Gasteiger partial charge < -0.3 is 15.7 Å². The number of hydrogen-bond acceptors (Lipinski definition) is 3. The van der Waals surface area contributed by atoms with E-state index in [2.05, 4.69) is 0 Å². The van der Waals surface area contributed by atoms with Crippen LogP contribution in [-0.4, -0.2) is 47.0 Å². The Morgan fingerprint density at radius 3 is 2.38 bits per heavy atom. The van der Waals surface area contributed by atoms with E-state index in [0.29, 0.717) is 18.0 Å². The number of carboxylic acid groups (broad SMARTS) is 1. The first-order valence-corrected chi connectivity index (χ1v) is 9.20. The molecule has 26 heavy (non-hydrogen) atoms. The number of aliphatic carboxylic acids is 1. The average molecular weight is 358 g/mol. The number of benzene rings is 1. The summed E-state index contributed by atoms with van der Waals surface area (Å²) in [4.78, 5) is 27.3. The summed E-state index contributed by atoms with van der Waals surface area (Å²) >= 11 is 0. The van der Waals surface area contributed by atoms with Crippen molar-refractivity contribution in [1.29, 1.82) is 5.41 Å². The van der Waals surface area contributed by atoms with Gasteiger partial charge in [0.1, 0.15) is 5.84 Å². The van der Waals surface area contributed by atoms with Gasteiger partial charge in [0.15, 0.2) is 0 Å². The number of carbonyl (C=O) groups is 2. The van der Waals surface area contributed by atoms with Crippen LogP contribution in [0.1, 0.15) is 44.1 Å². The third-order valence-electron chi connectivity index (χ3n) is 5.55. The number of nitrogen functional groups attached to an aromatic ring is 1. The second kappa shape index (κ2) is 7.76. The van der Waals surface area contributed by atoms with Crippen molar-refractivity contribution in [3.63, 3.8) is 0 Å². The predicted octanol–water partition coefficient (Wildman–Crippen LogP) is 2.64. The van der Waals surface area contributed by atoms with Gasteiger partial charge in [-0.3, -0.25) is 15.1 Å². The van der Waals surface area contributed by atoms with E-state index in [1.807, 2.05) is 17.0 Å². The van der Waals surface area contributed by atoms with Crippen LogP contribution in [0.15, 0.2) is 24.3 Å². The highest BCUT2D eigenvalue weighted by atomic mass is 16.4. The Kier molecular flexibility index (Phi) is 5.44. The van der Waals surface area contributed by atoms with Crippen molar-refractivity contribution in [2.75, 3.05) is 18.0 Å². The minimum atomic E-state index is -0.728. The molecule has 3 rings (SSSR count). The van der Waals surface area contributed by atoms with Crippen LogP contribution >= 0.6 is 0 Å². The molecule has 4 N–H and O–H groups in total. The molecule has 0 unspecified atom stereocenters. The zero-order valence-corrected chi connectivity index (χ0v) is 14.9. The van der Waals surface area contributed by atoms with Crippen molar-refractivity contribution in [1.82, 2.24) is 4.90 Å². The van der Waals surface area contributed by atoms with E-state index in [1.165, 1.54) is 0 Å². The lowest BCUT2D eigenvalue weighted by atomic mass is 9.83. The predicted molar refractivity (Wildman–Crippen MR) is 99.5 cm³/mol. The zero-order chi connectivity index (χ0) is 18.7. The highest BCUT2D eigenvalue weighted by Gasteiger charge is 2.36. The SMILES string of the molecule is N=C(N)c1ccc(N2CCN([C@H]3CC[C@@H](CCC(=O)O)CC3)C2=O)cc1. The van der Waals surface area contributed by atoms with Gasteiger partial charge in [-0.2, -0.15) is 0 Å². The lowest BCUT2D eigenvalue weighted by Crippen LogP contribution is -2.41. The first-order chi connectivity index (χ1) is 12.5. The number of amides is 2. The summed E-state index contributed by atoms with van der Waals surface area (Å²) in [5.41, 5.74) is 6.96. The van der Waals surface area contributed by atoms with Gasteiger partial charge in [-0.1, -0.05) is 0 Å². The molecule has 0 radical (unpaired) electrons. The topological polar surface area (TPSA) is 111 Å². The molecule has 2 aliphatic rings. The molecular weight excluding hydrogens is 332 g/mol. The molecule has 1 heterocycles. The second-order valence-corrected chi connectivity index (χ2v) is 7.20. The van der Waals surface area contributed by atoms with Crippen LogP contribution in [0.25, 0.3) is 0 Å². The van der Waals surface area contributed by atoms with Crippen LogP contribution in [0.5, 0.6) is 0 Å². The Labute approximate surface area is 153 Å². The lowest BCUT2D eigenvalue weighted by molar-refractivity contribution is -0.137. The molecule has 0 bridgehead atoms. The Balaban J connectivity index is 1.56. The number of amidine groups is 1. The normalized spacial score (nSPS) is 23.3. The highest BCUT2D eigenvalue weighted by Crippen LogP contribution is 2.33. The molecular formula is C19H26N4O3. The van der Waals surface area contributed by atoms with E-state index in [4.69, 9.17) is 16.2 Å². The molecule has 1 aromatic carbocycles. The van der Waals surface area contributed by atoms with Crippen LogP contribution in [0.2, 0.25) is 0 Å². The molecule has 7 nitrogen and oxygen atoms in total. The number of nitrogens with two attached hydrogens (primary N) is 1. The van der Waals surface area contributed by atoms with Gasteiger partial charge in [-0.25, -0.2) is 4.79 Å². The summed E-state index contributed by atoms with van der Waals surface area (Å²) in [5, 5.41) is 16.3. The van der Waals surface area contributed by atoms with Crippen molar-refractivity contribution < 1.29 is 14.7 Å². The van der Waals surface area contributed by atoms with E-state index in [1.54, 1.807) is 17.0 Å². The van der Waals surface area contributed by atoms with Crippen molar-refractivity contribution in [3.8, 4) is 0 Å². The number of hydrogen-bond donors (Lipinski definition) is 3. The van der Waals surface area contributed by atoms with Gasteiger partial charge in [0.25, 0.3) is 0 Å². The molecule has 1 aliphatic heterocycles. The van der Waals surface area contributed by atoms with Crippen LogP contribution in [0.4, 0.5) is 10.5 Å². The number of nitrogens with one attached hydrogen (secondary N) is 1. The standard InChI is InChI=1S/C19H26N4O3/c20-18(21)14-4-8-16(9-5-14)23-12-11-22(19(23)26)15-6-1-13(2-7-15)3-10-17(24)25/h4-5,8-9,13,15H,1-3,6-7,10-12H2,(H3,20,21)(H,24,25)/t13-,15+. The lowest BCUT2D eigenvalue weighted by Gasteiger charge is -2.34. The second-order valence-electron chi connectivity index (χ2n) is 7.20. The van der Waals surface area contributed by atoms with Gasteiger partial charge in [0, 0.05) is 36.8 Å². The molecule has 1 aliphatic carbocycles. The van der Waals surface area contributed by atoms with E-state index < -0.39 is 5.97 Å². The number of carbonyl (C=O) groups excluding carboxylic acids is 1. The fraction of sp³-hybridized carbons (Fsp3) is 0.526. The largest absolute Gasteiger partial charge is 0.481 e. The fourth-order valence-corrected chi connectivity index (χ4v) is 4.03. The number of carboxylic acids is 1. The third kappa shape index (κ3) is 3.98. The molecule has 2 fully saturated rings. The van der Waals surface area contributed by atoms with Gasteiger partial charge in [-0.05, 0) is 62.3 Å². The van der Waals surface area contributed by atoms with Crippen molar-refractivity contribution >= 4 is 23.5 Å². The monoisotopic (exact) mass is 358 g/mol. The number of anilines is 1. The summed E-state index contributed by atoms with van der Waals surface area (Å²) in [6.45, 7) is 1.38. The average Bonchev–Trinajstić information content (AvgIpc) is 3.02. The Bertz CT molecular complexity index is 681. The van der Waals surface area contributed by atoms with Crippen molar-refractivity contribution in [2.24, 2.45) is 11.7 Å². The quantitative estimate of drug-likeness (QED) is 0.536. The maximum atomic E-state index is 12.8. The summed E-state index contributed by atoms with van der Waals surface area (Å²) in [6, 6.07) is 7.49. The summed E-state index contributed by atoms with van der Waals surface area (Å²) in [7, 11) is 0. The molecule has 140 valence electrons. The maximum Gasteiger partial charge on any atom is 0.324 e. The Hall–Kier alpha value is -2.57. The molecule has 1 aromatic rings. The minimum Gasteiger partial charge on any atom is -0.481 e. The molecule has 1 saturated heterocycles. The molecule has 7 heteroatoms. The van der Waals surface area contributed by atoms with Gasteiger partial charge in [0.2, 0.25) is 0 Å². The van der Waals surface area contributed by atoms with E-state index >= 15 is 0 Å². The first kappa shape index (κ1) is 18.2. The Morgan fingerprint density at radius 2 is 1.81 bits per heavy atom. The Morgan fingerprint density at radius 1 is 1.15 bits per heavy atom. The van der Waals surface area contributed by atoms with E-state index in [0.717, 1.165) is 44.3 Å². The number of urea groups is 1. The van der Waals surface area contributed by atoms with E-state index in [-0.39, 0.29) is 24.3 Å². The van der Waals surface area contributed by atoms with Crippen molar-refractivity contribution in [3.05, 3.63) is 29.8 Å². The molecule has 0 atom stereocenters. The number of rotatable bonds is 6. The van der Waals surface area contributed by atoms with Gasteiger partial charge in [0.05, 0.1) is 0 Å². The summed E-state index contributed by atoms with van der Waals surface area (Å²) < 4.78 is 0. The highest BCUT2D eigenvalue weighted by molar-refractivity contribution is 5.97. The third-order valence-corrected chi connectivity index (χ3v) is 5.55. The first-order valence-electron chi connectivity index (χ1n) is 9.20. The van der Waals surface area contributed by atoms with Crippen LogP contribution in [0, 0.1) is 11.3 Å². The zero-order valence-electron chi connectivity index (χ0n) is 14.9. The molecule has 0 aromatic heterocycles. The van der Waals surface area contributed by atoms with Crippen LogP contribution < -0.4 is 10.6 Å². The molecule has 2 amide bonds. The smallest absolute Gasteiger partial charge is 0.324 e. The number of nitrogens with zero attached hydrogens (tertiary/aromatic N) is 2. The molecule has 0 spiro atoms. The van der Waals surface area contributed by atoms with Gasteiger partial charge >= 0.3 is 12.0 Å². The van der Waals surface area contributed by atoms with Crippen LogP contribution in [-0.2, 0) is 4.79 Å². The maximum absolute atomic E-state index is 12.8. The van der Waals surface area contributed by atoms with E-state index in [9.17, 15) is 9.59 Å². The summed E-state index contributed by atoms with van der Waals surface area (Å²) in [6.07, 6.45) is 4.87. The van der Waals surface area contributed by atoms with Crippen molar-refractivity contribution in [2.45, 2.75) is 44.6 Å². The molecule has 1 saturated carbocycles. The van der Waals surface area contributed by atoms with Gasteiger partial charge in [-0.15, -0.1) is 0 Å². The fourth-order valence-electron chi connectivity index (χ4n) is 4.03. The minimum absolute atomic E-state index is 0.0191.